The van der Waals surface area contributed by atoms with Crippen LogP contribution in [0.4, 0.5) is 0 Å². The van der Waals surface area contributed by atoms with Crippen molar-refractivity contribution < 1.29 is 24.5 Å². The largest absolute Gasteiger partial charge is 0.508 e. The lowest BCUT2D eigenvalue weighted by atomic mass is 9.82. The number of Topliss-reactive ketones (excluding diaryl/α,β-unsaturated/α-hetero) is 1. The van der Waals surface area contributed by atoms with E-state index in [2.05, 4.69) is 0 Å². The molecule has 26 heavy (non-hydrogen) atoms. The van der Waals surface area contributed by atoms with Crippen molar-refractivity contribution in [2.24, 2.45) is 5.41 Å². The van der Waals surface area contributed by atoms with Gasteiger partial charge in [-0.05, 0) is 31.5 Å². The first kappa shape index (κ1) is 20.0. The number of aliphatic hydroxyl groups is 1. The zero-order valence-electron chi connectivity index (χ0n) is 15.9. The Kier molecular flexibility index (Phi) is 5.76. The van der Waals surface area contributed by atoms with Crippen LogP contribution in [0, 0.1) is 5.41 Å². The van der Waals surface area contributed by atoms with E-state index in [-0.39, 0.29) is 29.8 Å². The second-order valence-electron chi connectivity index (χ2n) is 7.75. The Balaban J connectivity index is 2.45. The SMILES string of the molecule is CC(C)OCCN1C(=O)C(O)=C(C(=O)C(C)(C)C)C1c1ccc(O)cc1. The molecule has 0 aliphatic carbocycles. The molecule has 2 rings (SSSR count). The van der Waals surface area contributed by atoms with Gasteiger partial charge in [-0.15, -0.1) is 0 Å². The number of hydrogen-bond acceptors (Lipinski definition) is 5. The number of carbonyl (C=O) groups is 2. The average Bonchev–Trinajstić information content (AvgIpc) is 2.78. The number of nitrogens with zero attached hydrogens (tertiary/aromatic N) is 1. The molecule has 2 N–H and O–H groups in total. The zero-order chi connectivity index (χ0) is 19.6. The first-order chi connectivity index (χ1) is 12.0. The number of benzene rings is 1. The topological polar surface area (TPSA) is 87.1 Å². The molecule has 1 aromatic carbocycles. The Labute approximate surface area is 154 Å². The number of ketones is 1. The van der Waals surface area contributed by atoms with Crippen LogP contribution in [0.3, 0.4) is 0 Å². The molecule has 0 saturated carbocycles. The van der Waals surface area contributed by atoms with Crippen molar-refractivity contribution in [3.63, 3.8) is 0 Å². The summed E-state index contributed by atoms with van der Waals surface area (Å²) in [7, 11) is 0. The number of ether oxygens (including phenoxy) is 1. The van der Waals surface area contributed by atoms with Gasteiger partial charge in [0.1, 0.15) is 5.75 Å². The van der Waals surface area contributed by atoms with Crippen LogP contribution in [0.15, 0.2) is 35.6 Å². The van der Waals surface area contributed by atoms with Crippen LogP contribution < -0.4 is 0 Å². The number of aromatic hydroxyl groups is 1. The zero-order valence-corrected chi connectivity index (χ0v) is 15.9. The molecule has 1 aliphatic heterocycles. The van der Waals surface area contributed by atoms with Crippen LogP contribution in [-0.4, -0.2) is 46.1 Å². The van der Waals surface area contributed by atoms with Crippen molar-refractivity contribution in [2.75, 3.05) is 13.2 Å². The lowest BCUT2D eigenvalue weighted by molar-refractivity contribution is -0.130. The molecule has 0 aromatic heterocycles. The predicted molar refractivity (Wildman–Crippen MR) is 97.8 cm³/mol. The number of carbonyl (C=O) groups excluding carboxylic acids is 2. The van der Waals surface area contributed by atoms with Crippen molar-refractivity contribution in [2.45, 2.75) is 46.8 Å². The highest BCUT2D eigenvalue weighted by Crippen LogP contribution is 2.40. The minimum Gasteiger partial charge on any atom is -0.508 e. The smallest absolute Gasteiger partial charge is 0.290 e. The number of phenols is 1. The summed E-state index contributed by atoms with van der Waals surface area (Å²) in [5, 5.41) is 20.0. The maximum atomic E-state index is 12.9. The molecule has 6 nitrogen and oxygen atoms in total. The van der Waals surface area contributed by atoms with Crippen molar-refractivity contribution >= 4 is 11.7 Å². The lowest BCUT2D eigenvalue weighted by Crippen LogP contribution is -2.35. The van der Waals surface area contributed by atoms with Gasteiger partial charge >= 0.3 is 0 Å². The summed E-state index contributed by atoms with van der Waals surface area (Å²) in [5.41, 5.74) is -0.00137. The standard InChI is InChI=1S/C20H27NO5/c1-12(2)26-11-10-21-16(13-6-8-14(22)9-7-13)15(17(23)19(21)25)18(24)20(3,4)5/h6-9,12,16,22-23H,10-11H2,1-5H3. The van der Waals surface area contributed by atoms with Gasteiger partial charge in [0.25, 0.3) is 5.91 Å². The summed E-state index contributed by atoms with van der Waals surface area (Å²) in [6.45, 7) is 9.58. The number of rotatable bonds is 6. The Morgan fingerprint density at radius 1 is 1.19 bits per heavy atom. The van der Waals surface area contributed by atoms with E-state index < -0.39 is 23.1 Å². The van der Waals surface area contributed by atoms with Crippen LogP contribution >= 0.6 is 0 Å². The molecule has 6 heteroatoms. The average molecular weight is 361 g/mol. The number of amides is 1. The van der Waals surface area contributed by atoms with Crippen molar-refractivity contribution in [3.8, 4) is 5.75 Å². The molecule has 1 aliphatic rings. The molecule has 1 aromatic rings. The molecule has 1 amide bonds. The number of aliphatic hydroxyl groups excluding tert-OH is 1. The van der Waals surface area contributed by atoms with E-state index in [1.807, 2.05) is 13.8 Å². The van der Waals surface area contributed by atoms with Crippen molar-refractivity contribution in [3.05, 3.63) is 41.2 Å². The predicted octanol–water partition coefficient (Wildman–Crippen LogP) is 3.13. The van der Waals surface area contributed by atoms with E-state index in [4.69, 9.17) is 4.74 Å². The van der Waals surface area contributed by atoms with Gasteiger partial charge < -0.3 is 19.8 Å². The van der Waals surface area contributed by atoms with Crippen LogP contribution in [0.5, 0.6) is 5.75 Å². The highest BCUT2D eigenvalue weighted by atomic mass is 16.5. The Morgan fingerprint density at radius 2 is 1.77 bits per heavy atom. The molecule has 0 bridgehead atoms. The highest BCUT2D eigenvalue weighted by Gasteiger charge is 2.45. The molecule has 0 spiro atoms. The van der Waals surface area contributed by atoms with Gasteiger partial charge in [0.05, 0.1) is 24.3 Å². The summed E-state index contributed by atoms with van der Waals surface area (Å²) in [6.07, 6.45) is 0.0112. The molecule has 0 fully saturated rings. The molecule has 0 radical (unpaired) electrons. The van der Waals surface area contributed by atoms with Crippen LogP contribution in [0.25, 0.3) is 0 Å². The van der Waals surface area contributed by atoms with Gasteiger partial charge in [-0.1, -0.05) is 32.9 Å². The summed E-state index contributed by atoms with van der Waals surface area (Å²) in [4.78, 5) is 27.0. The summed E-state index contributed by atoms with van der Waals surface area (Å²) in [5.74, 6) is -1.28. The van der Waals surface area contributed by atoms with Gasteiger partial charge in [0.2, 0.25) is 0 Å². The molecular formula is C20H27NO5. The van der Waals surface area contributed by atoms with Crippen LogP contribution in [-0.2, 0) is 14.3 Å². The fourth-order valence-corrected chi connectivity index (χ4v) is 2.91. The second-order valence-corrected chi connectivity index (χ2v) is 7.75. The maximum absolute atomic E-state index is 12.9. The Hall–Kier alpha value is -2.34. The second kappa shape index (κ2) is 7.50. The van der Waals surface area contributed by atoms with E-state index in [1.54, 1.807) is 32.9 Å². The quantitative estimate of drug-likeness (QED) is 0.813. The van der Waals surface area contributed by atoms with Gasteiger partial charge in [0, 0.05) is 12.0 Å². The summed E-state index contributed by atoms with van der Waals surface area (Å²) >= 11 is 0. The summed E-state index contributed by atoms with van der Waals surface area (Å²) < 4.78 is 5.53. The van der Waals surface area contributed by atoms with Crippen LogP contribution in [0.1, 0.15) is 46.2 Å². The fourth-order valence-electron chi connectivity index (χ4n) is 2.91. The van der Waals surface area contributed by atoms with Crippen molar-refractivity contribution in [1.29, 1.82) is 0 Å². The third-order valence-electron chi connectivity index (χ3n) is 4.22. The first-order valence-electron chi connectivity index (χ1n) is 8.73. The Morgan fingerprint density at radius 3 is 2.27 bits per heavy atom. The third kappa shape index (κ3) is 4.07. The number of hydrogen-bond donors (Lipinski definition) is 2. The normalized spacial score (nSPS) is 18.2. The highest BCUT2D eigenvalue weighted by molar-refractivity contribution is 6.10. The van der Waals surface area contributed by atoms with Gasteiger partial charge in [-0.3, -0.25) is 9.59 Å². The monoisotopic (exact) mass is 361 g/mol. The van der Waals surface area contributed by atoms with Gasteiger partial charge in [-0.25, -0.2) is 0 Å². The van der Waals surface area contributed by atoms with E-state index in [0.717, 1.165) is 0 Å². The Bertz CT molecular complexity index is 713. The molecule has 1 atom stereocenters. The maximum Gasteiger partial charge on any atom is 0.290 e. The van der Waals surface area contributed by atoms with Crippen molar-refractivity contribution in [1.82, 2.24) is 4.90 Å². The van der Waals surface area contributed by atoms with E-state index in [1.165, 1.54) is 17.0 Å². The first-order valence-corrected chi connectivity index (χ1v) is 8.73. The van der Waals surface area contributed by atoms with Gasteiger partial charge in [0.15, 0.2) is 11.5 Å². The van der Waals surface area contributed by atoms with E-state index in [0.29, 0.717) is 12.2 Å². The van der Waals surface area contributed by atoms with E-state index in [9.17, 15) is 19.8 Å². The molecule has 0 saturated heterocycles. The molecular weight excluding hydrogens is 334 g/mol. The molecule has 1 unspecified atom stereocenters. The van der Waals surface area contributed by atoms with Gasteiger partial charge in [-0.2, -0.15) is 0 Å². The minimum atomic E-state index is -0.747. The fraction of sp³-hybridized carbons (Fsp3) is 0.500. The molecule has 142 valence electrons. The number of phenolic OH excluding ortho intramolecular Hbond substituents is 1. The third-order valence-corrected chi connectivity index (χ3v) is 4.22. The molecule has 1 heterocycles. The lowest BCUT2D eigenvalue weighted by Gasteiger charge is -2.29. The minimum absolute atomic E-state index is 0.0112. The summed E-state index contributed by atoms with van der Waals surface area (Å²) in [6, 6.07) is 5.59. The van der Waals surface area contributed by atoms with Crippen LogP contribution in [0.2, 0.25) is 0 Å². The van der Waals surface area contributed by atoms with E-state index >= 15 is 0 Å².